The summed E-state index contributed by atoms with van der Waals surface area (Å²) in [5.74, 6) is 0.985. The molecule has 0 radical (unpaired) electrons. The summed E-state index contributed by atoms with van der Waals surface area (Å²) in [5.41, 5.74) is 0. The van der Waals surface area contributed by atoms with Crippen molar-refractivity contribution in [2.24, 2.45) is 0 Å². The van der Waals surface area contributed by atoms with E-state index in [-0.39, 0.29) is 0 Å². The van der Waals surface area contributed by atoms with E-state index in [1.165, 1.54) is 0 Å². The van der Waals surface area contributed by atoms with E-state index in [1.807, 2.05) is 0 Å². The molecule has 0 rings (SSSR count). The Morgan fingerprint density at radius 2 is 2.25 bits per heavy atom. The van der Waals surface area contributed by atoms with Crippen molar-refractivity contribution in [1.82, 2.24) is 0 Å². The summed E-state index contributed by atoms with van der Waals surface area (Å²) in [5, 5.41) is 0. The van der Waals surface area contributed by atoms with Gasteiger partial charge >= 0.3 is 0 Å². The number of carbonyl (C=O) groups excluding carboxylic acids is 1. The normalized spacial score (nSPS) is 9.38. The molecule has 8 heavy (non-hydrogen) atoms. The van der Waals surface area contributed by atoms with Crippen LogP contribution in [0.25, 0.3) is 0 Å². The average molecular weight is 135 g/mol. The van der Waals surface area contributed by atoms with E-state index in [0.717, 1.165) is 5.75 Å². The molecule has 0 bridgehead atoms. The summed E-state index contributed by atoms with van der Waals surface area (Å²) >= 11 is 0. The zero-order valence-electron chi connectivity index (χ0n) is 5.22. The maximum Gasteiger partial charge on any atom is 0.293 e. The fourth-order valence-corrected chi connectivity index (χ4v) is 0.692. The summed E-state index contributed by atoms with van der Waals surface area (Å²) < 4.78 is 4.47. The minimum Gasteiger partial charge on any atom is -0.463 e. The Morgan fingerprint density at radius 1 is 1.62 bits per heavy atom. The minimum atomic E-state index is 0.399. The van der Waals surface area contributed by atoms with Crippen LogP contribution in [0, 0.1) is 0 Å². The number of carbonyl (C=O) groups is 1. The van der Waals surface area contributed by atoms with E-state index in [2.05, 4.69) is 17.2 Å². The highest BCUT2D eigenvalue weighted by Crippen LogP contribution is 1.81. The summed E-state index contributed by atoms with van der Waals surface area (Å²) in [6.45, 7) is 1.06. The third kappa shape index (κ3) is 5.82. The average Bonchev–Trinajstić information content (AvgIpc) is 1.66. The molecule has 0 aliphatic carbocycles. The molecular weight excluding hydrogens is 124 g/mol. The predicted octanol–water partition coefficient (Wildman–Crippen LogP) is 0.0373. The molecule has 0 amide bonds. The Labute approximate surface area is 52.6 Å². The first-order chi connectivity index (χ1) is 3.77. The molecule has 48 valence electrons. The second kappa shape index (κ2) is 4.97. The summed E-state index contributed by atoms with van der Waals surface area (Å²) in [6.07, 6.45) is 4.24. The van der Waals surface area contributed by atoms with Crippen molar-refractivity contribution in [1.29, 1.82) is 0 Å². The van der Waals surface area contributed by atoms with Crippen molar-refractivity contribution in [2.75, 3.05) is 24.9 Å². The van der Waals surface area contributed by atoms with E-state index < -0.39 is 0 Å². The van der Waals surface area contributed by atoms with E-state index in [0.29, 0.717) is 24.0 Å². The lowest BCUT2D eigenvalue weighted by atomic mass is 10.9. The van der Waals surface area contributed by atoms with E-state index in [4.69, 9.17) is 0 Å². The number of rotatable bonds is 4. The maximum atomic E-state index is 9.57. The molecule has 3 heteroatoms. The zero-order valence-corrected chi connectivity index (χ0v) is 6.03. The van der Waals surface area contributed by atoms with Crippen molar-refractivity contribution in [3.63, 3.8) is 0 Å². The first-order valence-corrected chi connectivity index (χ1v) is 4.58. The van der Waals surface area contributed by atoms with Crippen LogP contribution in [0.4, 0.5) is 0 Å². The molecule has 0 unspecified atom stereocenters. The highest BCUT2D eigenvalue weighted by atomic mass is 32.2. The molecule has 2 nitrogen and oxygen atoms in total. The molecular formula is C5H11O2S+. The van der Waals surface area contributed by atoms with Gasteiger partial charge in [-0.25, -0.2) is 0 Å². The summed E-state index contributed by atoms with van der Waals surface area (Å²) in [6, 6.07) is 0. The van der Waals surface area contributed by atoms with Gasteiger partial charge in [-0.05, 0) is 10.9 Å². The molecule has 0 fully saturated rings. The topological polar surface area (TPSA) is 26.3 Å². The lowest BCUT2D eigenvalue weighted by Crippen LogP contribution is -2.08. The Balaban J connectivity index is 2.81. The van der Waals surface area contributed by atoms with Crippen LogP contribution in [0.5, 0.6) is 0 Å². The van der Waals surface area contributed by atoms with Gasteiger partial charge in [-0.3, -0.25) is 4.79 Å². The monoisotopic (exact) mass is 135 g/mol. The van der Waals surface area contributed by atoms with Gasteiger partial charge < -0.3 is 4.74 Å². The van der Waals surface area contributed by atoms with Crippen LogP contribution < -0.4 is 0 Å². The molecule has 0 aliphatic rings. The fraction of sp³-hybridized carbons (Fsp3) is 0.800. The van der Waals surface area contributed by atoms with Crippen LogP contribution in [0.2, 0.25) is 0 Å². The molecule has 0 aromatic heterocycles. The third-order valence-corrected chi connectivity index (χ3v) is 1.66. The second-order valence-corrected chi connectivity index (χ2v) is 4.04. The number of ether oxygens (including phenoxy) is 1. The first-order valence-electron chi connectivity index (χ1n) is 2.37. The second-order valence-electron chi connectivity index (χ2n) is 1.66. The van der Waals surface area contributed by atoms with Gasteiger partial charge in [0.1, 0.15) is 12.4 Å². The summed E-state index contributed by atoms with van der Waals surface area (Å²) in [7, 11) is 0.399. The van der Waals surface area contributed by atoms with Gasteiger partial charge in [-0.1, -0.05) is 0 Å². The van der Waals surface area contributed by atoms with Gasteiger partial charge in [-0.2, -0.15) is 0 Å². The van der Waals surface area contributed by atoms with Crippen LogP contribution in [0.3, 0.4) is 0 Å². The van der Waals surface area contributed by atoms with Crippen LogP contribution in [-0.2, 0) is 20.4 Å². The molecule has 0 spiro atoms. The standard InChI is InChI=1S/C5H11O2S/c1-8(2)4-3-7-5-6/h5H,3-4H2,1-2H3/q+1. The van der Waals surface area contributed by atoms with E-state index >= 15 is 0 Å². The molecule has 0 aliphatic heterocycles. The quantitative estimate of drug-likeness (QED) is 0.309. The first kappa shape index (κ1) is 7.82. The molecule has 0 aromatic carbocycles. The van der Waals surface area contributed by atoms with Gasteiger partial charge in [0.2, 0.25) is 0 Å². The van der Waals surface area contributed by atoms with Crippen LogP contribution in [-0.4, -0.2) is 31.3 Å². The van der Waals surface area contributed by atoms with Gasteiger partial charge in [0, 0.05) is 0 Å². The van der Waals surface area contributed by atoms with Crippen LogP contribution >= 0.6 is 0 Å². The predicted molar refractivity (Wildman–Crippen MR) is 36.1 cm³/mol. The van der Waals surface area contributed by atoms with Crippen molar-refractivity contribution >= 4 is 17.4 Å². The largest absolute Gasteiger partial charge is 0.463 e. The molecule has 0 saturated carbocycles. The molecule has 0 aromatic rings. The smallest absolute Gasteiger partial charge is 0.293 e. The van der Waals surface area contributed by atoms with Crippen molar-refractivity contribution in [3.8, 4) is 0 Å². The van der Waals surface area contributed by atoms with Crippen molar-refractivity contribution in [3.05, 3.63) is 0 Å². The van der Waals surface area contributed by atoms with Gasteiger partial charge in [0.05, 0.1) is 12.5 Å². The van der Waals surface area contributed by atoms with E-state index in [1.54, 1.807) is 0 Å². The van der Waals surface area contributed by atoms with Crippen LogP contribution in [0.15, 0.2) is 0 Å². The lowest BCUT2D eigenvalue weighted by Gasteiger charge is -1.93. The highest BCUT2D eigenvalue weighted by molar-refractivity contribution is 7.95. The third-order valence-electron chi connectivity index (χ3n) is 0.677. The number of hydrogen-bond acceptors (Lipinski definition) is 2. The Hall–Kier alpha value is -0.180. The molecule has 0 heterocycles. The Morgan fingerprint density at radius 3 is 2.62 bits per heavy atom. The van der Waals surface area contributed by atoms with Gasteiger partial charge in [-0.15, -0.1) is 0 Å². The zero-order chi connectivity index (χ0) is 6.41. The minimum absolute atomic E-state index is 0.399. The van der Waals surface area contributed by atoms with Crippen molar-refractivity contribution < 1.29 is 9.53 Å². The fourth-order valence-electron chi connectivity index (χ4n) is 0.263. The SMILES string of the molecule is C[S+](C)CCOC=O. The Kier molecular flexibility index (Phi) is 4.85. The lowest BCUT2D eigenvalue weighted by molar-refractivity contribution is -0.128. The van der Waals surface area contributed by atoms with Gasteiger partial charge in [0.25, 0.3) is 6.47 Å². The Bertz CT molecular complexity index is 63.4. The number of hydrogen-bond donors (Lipinski definition) is 0. The van der Waals surface area contributed by atoms with Crippen LogP contribution in [0.1, 0.15) is 0 Å². The van der Waals surface area contributed by atoms with Gasteiger partial charge in [0.15, 0.2) is 0 Å². The summed E-state index contributed by atoms with van der Waals surface area (Å²) in [4.78, 5) is 9.57. The molecule has 0 saturated heterocycles. The highest BCUT2D eigenvalue weighted by Gasteiger charge is 1.99. The molecule has 0 N–H and O–H groups in total. The van der Waals surface area contributed by atoms with Crippen molar-refractivity contribution in [2.45, 2.75) is 0 Å². The van der Waals surface area contributed by atoms with E-state index in [9.17, 15) is 4.79 Å². The maximum absolute atomic E-state index is 9.57. The molecule has 0 atom stereocenters.